The first kappa shape index (κ1) is 18.1. The summed E-state index contributed by atoms with van der Waals surface area (Å²) in [7, 11) is 0. The monoisotopic (exact) mass is 381 g/mol. The number of thioether (sulfide) groups is 1. The predicted molar refractivity (Wildman–Crippen MR) is 88.1 cm³/mol. The first-order valence-electron chi connectivity index (χ1n) is 7.54. The van der Waals surface area contributed by atoms with Crippen molar-refractivity contribution >= 4 is 23.5 Å². The predicted octanol–water partition coefficient (Wildman–Crippen LogP) is 3.21. The van der Waals surface area contributed by atoms with Crippen molar-refractivity contribution < 1.29 is 32.6 Å². The van der Waals surface area contributed by atoms with E-state index >= 15 is 0 Å². The van der Waals surface area contributed by atoms with Gasteiger partial charge in [-0.15, -0.1) is 0 Å². The first-order valence-corrected chi connectivity index (χ1v) is 8.42. The van der Waals surface area contributed by atoms with Crippen LogP contribution in [0.25, 0.3) is 0 Å². The molecule has 0 atom stereocenters. The maximum Gasteiger partial charge on any atom is 0.341 e. The van der Waals surface area contributed by atoms with Gasteiger partial charge in [-0.1, -0.05) is 0 Å². The minimum absolute atomic E-state index is 0.118. The fraction of sp³-hybridized carbons (Fsp3) is 0.235. The van der Waals surface area contributed by atoms with E-state index in [9.17, 15) is 18.4 Å². The Hall–Kier alpha value is -2.68. The van der Waals surface area contributed by atoms with Gasteiger partial charge in [-0.25, -0.2) is 9.78 Å². The van der Waals surface area contributed by atoms with Crippen LogP contribution in [0.5, 0.6) is 11.5 Å². The third-order valence-electron chi connectivity index (χ3n) is 3.39. The van der Waals surface area contributed by atoms with Gasteiger partial charge in [0.1, 0.15) is 18.2 Å². The molecule has 0 amide bonds. The van der Waals surface area contributed by atoms with Crippen LogP contribution in [0.15, 0.2) is 41.6 Å². The average Bonchev–Trinajstić information content (AvgIpc) is 2.65. The van der Waals surface area contributed by atoms with Gasteiger partial charge in [-0.05, 0) is 42.1 Å². The maximum atomic E-state index is 12.5. The number of aromatic nitrogens is 1. The molecule has 0 saturated heterocycles. The number of esters is 1. The number of nitrogens with zero attached hydrogens (tertiary/aromatic N) is 1. The number of ketones is 1. The minimum Gasteiger partial charge on any atom is -0.486 e. The molecule has 0 radical (unpaired) electrons. The molecule has 0 saturated carbocycles. The van der Waals surface area contributed by atoms with Crippen LogP contribution in [0.4, 0.5) is 8.78 Å². The molecule has 0 spiro atoms. The number of Topliss-reactive ketones (excluding diaryl/α,β-unsaturated/α-hetero) is 1. The molecule has 1 aromatic heterocycles. The Morgan fingerprint density at radius 1 is 1.19 bits per heavy atom. The molecule has 6 nitrogen and oxygen atoms in total. The number of carbonyl (C=O) groups excluding carboxylic acids is 2. The molecule has 0 fully saturated rings. The average molecular weight is 381 g/mol. The molecular formula is C17H13F2NO5S. The summed E-state index contributed by atoms with van der Waals surface area (Å²) in [5.41, 5.74) is 0.170. The van der Waals surface area contributed by atoms with Crippen LogP contribution < -0.4 is 9.47 Å². The first-order chi connectivity index (χ1) is 12.5. The maximum absolute atomic E-state index is 12.5. The van der Waals surface area contributed by atoms with Crippen LogP contribution in [0, 0.1) is 0 Å². The Morgan fingerprint density at radius 2 is 1.96 bits per heavy atom. The molecule has 2 heterocycles. The van der Waals surface area contributed by atoms with E-state index in [1.807, 2.05) is 0 Å². The molecule has 2 aromatic rings. The lowest BCUT2D eigenvalue weighted by Crippen LogP contribution is -2.17. The van der Waals surface area contributed by atoms with Crippen molar-refractivity contribution in [2.45, 2.75) is 10.8 Å². The van der Waals surface area contributed by atoms with Gasteiger partial charge in [0.15, 0.2) is 23.9 Å². The third kappa shape index (κ3) is 4.29. The van der Waals surface area contributed by atoms with Gasteiger partial charge in [0.25, 0.3) is 5.76 Å². The summed E-state index contributed by atoms with van der Waals surface area (Å²) in [6, 6.07) is 7.38. The summed E-state index contributed by atoms with van der Waals surface area (Å²) in [6.07, 6.45) is 1.29. The topological polar surface area (TPSA) is 74.7 Å². The summed E-state index contributed by atoms with van der Waals surface area (Å²) >= 11 is 0.139. The van der Waals surface area contributed by atoms with Crippen LogP contribution in [0.3, 0.4) is 0 Å². The fourth-order valence-corrected chi connectivity index (χ4v) is 2.80. The molecular weight excluding hydrogens is 368 g/mol. The van der Waals surface area contributed by atoms with Gasteiger partial charge in [0.2, 0.25) is 0 Å². The molecule has 0 N–H and O–H groups in total. The quantitative estimate of drug-likeness (QED) is 0.432. The Morgan fingerprint density at radius 3 is 2.73 bits per heavy atom. The lowest BCUT2D eigenvalue weighted by Gasteiger charge is -2.18. The Balaban J connectivity index is 1.65. The highest BCUT2D eigenvalue weighted by atomic mass is 32.2. The molecule has 0 bridgehead atoms. The van der Waals surface area contributed by atoms with Gasteiger partial charge < -0.3 is 14.2 Å². The normalized spacial score (nSPS) is 12.7. The van der Waals surface area contributed by atoms with E-state index in [0.717, 1.165) is 0 Å². The van der Waals surface area contributed by atoms with E-state index in [2.05, 4.69) is 4.98 Å². The van der Waals surface area contributed by atoms with Gasteiger partial charge in [0, 0.05) is 11.8 Å². The highest BCUT2D eigenvalue weighted by molar-refractivity contribution is 7.99. The van der Waals surface area contributed by atoms with Crippen LogP contribution in [-0.2, 0) is 4.74 Å². The Bertz CT molecular complexity index is 831. The number of pyridine rings is 1. The number of carbonyl (C=O) groups is 2. The third-order valence-corrected chi connectivity index (χ3v) is 4.12. The second-order valence-electron chi connectivity index (χ2n) is 5.09. The largest absolute Gasteiger partial charge is 0.486 e. The number of fused-ring (bicyclic) bond motifs is 1. The summed E-state index contributed by atoms with van der Waals surface area (Å²) in [4.78, 5) is 28.1. The zero-order chi connectivity index (χ0) is 18.5. The molecule has 1 aromatic carbocycles. The van der Waals surface area contributed by atoms with Crippen LogP contribution in [0.1, 0.15) is 20.7 Å². The number of hydrogen-bond donors (Lipinski definition) is 0. The van der Waals surface area contributed by atoms with Crippen molar-refractivity contribution in [2.24, 2.45) is 0 Å². The molecule has 0 unspecified atom stereocenters. The van der Waals surface area contributed by atoms with E-state index in [4.69, 9.17) is 14.2 Å². The summed E-state index contributed by atoms with van der Waals surface area (Å²) in [6.45, 7) is 0.277. The SMILES string of the molecule is O=C(COC(=O)c1cccnc1SC(F)F)c1ccc2c(c1)OCCO2. The molecule has 3 rings (SSSR count). The lowest BCUT2D eigenvalue weighted by atomic mass is 10.1. The van der Waals surface area contributed by atoms with Gasteiger partial charge >= 0.3 is 5.97 Å². The minimum atomic E-state index is -2.73. The van der Waals surface area contributed by atoms with Crippen LogP contribution in [0.2, 0.25) is 0 Å². The lowest BCUT2D eigenvalue weighted by molar-refractivity contribution is 0.0470. The van der Waals surface area contributed by atoms with Crippen molar-refractivity contribution in [2.75, 3.05) is 19.8 Å². The van der Waals surface area contributed by atoms with Crippen LogP contribution >= 0.6 is 11.8 Å². The second kappa shape index (κ2) is 8.13. The van der Waals surface area contributed by atoms with Crippen LogP contribution in [-0.4, -0.2) is 42.3 Å². The molecule has 136 valence electrons. The van der Waals surface area contributed by atoms with E-state index < -0.39 is 24.1 Å². The van der Waals surface area contributed by atoms with E-state index in [-0.39, 0.29) is 27.9 Å². The zero-order valence-corrected chi connectivity index (χ0v) is 14.1. The summed E-state index contributed by atoms with van der Waals surface area (Å²) in [5, 5.41) is -0.153. The highest BCUT2D eigenvalue weighted by Crippen LogP contribution is 2.31. The zero-order valence-electron chi connectivity index (χ0n) is 13.3. The van der Waals surface area contributed by atoms with Gasteiger partial charge in [-0.3, -0.25) is 4.79 Å². The summed E-state index contributed by atoms with van der Waals surface area (Å²) in [5.74, 6) is -3.10. The number of ether oxygens (including phenoxy) is 3. The van der Waals surface area contributed by atoms with Crippen molar-refractivity contribution in [3.63, 3.8) is 0 Å². The number of benzene rings is 1. The Kier molecular flexibility index (Phi) is 5.67. The van der Waals surface area contributed by atoms with E-state index in [1.54, 1.807) is 6.07 Å². The smallest absolute Gasteiger partial charge is 0.341 e. The van der Waals surface area contributed by atoms with Crippen molar-refractivity contribution in [1.29, 1.82) is 0 Å². The standard InChI is InChI=1S/C17H13F2NO5S/c18-17(19)26-15-11(2-1-5-20-15)16(22)25-9-12(21)10-3-4-13-14(8-10)24-7-6-23-13/h1-5,8,17H,6-7,9H2. The van der Waals surface area contributed by atoms with E-state index in [0.29, 0.717) is 24.7 Å². The molecule has 1 aliphatic rings. The number of alkyl halides is 2. The van der Waals surface area contributed by atoms with Crippen molar-refractivity contribution in [3.05, 3.63) is 47.7 Å². The Labute approximate surface area is 151 Å². The van der Waals surface area contributed by atoms with Gasteiger partial charge in [0.05, 0.1) is 5.56 Å². The van der Waals surface area contributed by atoms with Crippen molar-refractivity contribution in [1.82, 2.24) is 4.98 Å². The summed E-state index contributed by atoms with van der Waals surface area (Å²) < 4.78 is 40.8. The number of rotatable bonds is 6. The molecule has 26 heavy (non-hydrogen) atoms. The molecule has 9 heteroatoms. The molecule has 1 aliphatic heterocycles. The molecule has 0 aliphatic carbocycles. The highest BCUT2D eigenvalue weighted by Gasteiger charge is 2.20. The van der Waals surface area contributed by atoms with E-state index in [1.165, 1.54) is 30.5 Å². The fourth-order valence-electron chi connectivity index (χ4n) is 2.23. The number of hydrogen-bond acceptors (Lipinski definition) is 7. The number of halogens is 2. The van der Waals surface area contributed by atoms with Gasteiger partial charge in [-0.2, -0.15) is 8.78 Å². The second-order valence-corrected chi connectivity index (χ2v) is 6.07. The van der Waals surface area contributed by atoms with Crippen molar-refractivity contribution in [3.8, 4) is 11.5 Å².